The van der Waals surface area contributed by atoms with E-state index >= 15 is 0 Å². The van der Waals surface area contributed by atoms with Crippen molar-refractivity contribution in [1.29, 1.82) is 0 Å². The molecule has 6 rings (SSSR count). The van der Waals surface area contributed by atoms with Gasteiger partial charge in [-0.15, -0.1) is 0 Å². The first-order valence-electron chi connectivity index (χ1n) is 13.3. The van der Waals surface area contributed by atoms with Crippen molar-refractivity contribution in [3.05, 3.63) is 65.4 Å². The van der Waals surface area contributed by atoms with Gasteiger partial charge in [0.15, 0.2) is 17.6 Å². The normalized spacial score (nSPS) is 28.4. The second-order valence-corrected chi connectivity index (χ2v) is 10.8. The lowest BCUT2D eigenvalue weighted by Gasteiger charge is -2.61. The van der Waals surface area contributed by atoms with Crippen LogP contribution in [0.2, 0.25) is 0 Å². The number of para-hydroxylation sites is 1. The molecule has 10 heteroatoms. The van der Waals surface area contributed by atoms with Crippen LogP contribution in [0.25, 0.3) is 0 Å². The molecule has 2 aliphatic carbocycles. The van der Waals surface area contributed by atoms with E-state index in [1.165, 1.54) is 0 Å². The lowest BCUT2D eigenvalue weighted by molar-refractivity contribution is -0.172. The van der Waals surface area contributed by atoms with Crippen LogP contribution in [0.15, 0.2) is 54.3 Å². The molecule has 0 saturated carbocycles. The summed E-state index contributed by atoms with van der Waals surface area (Å²) >= 11 is 0. The Morgan fingerprint density at radius 2 is 1.93 bits per heavy atom. The van der Waals surface area contributed by atoms with E-state index in [1.807, 2.05) is 19.2 Å². The first kappa shape index (κ1) is 26.3. The van der Waals surface area contributed by atoms with Gasteiger partial charge in [0.05, 0.1) is 24.5 Å². The molecule has 0 aromatic heterocycles. The Hall–Kier alpha value is -3.89. The van der Waals surface area contributed by atoms with E-state index in [0.29, 0.717) is 24.3 Å². The Balaban J connectivity index is 1.29. The number of carbonyl (C=O) groups is 3. The maximum atomic E-state index is 13.2. The molecule has 0 radical (unpaired) electrons. The number of ether oxygens (including phenoxy) is 5. The molecular weight excluding hydrogens is 518 g/mol. The standard InChI is InChI=1S/C30H31NO9/c1-17(32)37-22(28(34)38-19-7-5-4-6-8-19)16-24(33)39-21-11-12-30(35)23-15-18-9-10-20(36-3)26-25(18)29(30,27(21)40-26)13-14-31(23)2/h4-11,22-23,27,35H,12-16H2,1-3H3/t22?,23-,27+,29+,30-/m1/s1. The molecule has 4 aliphatic rings. The highest BCUT2D eigenvalue weighted by molar-refractivity contribution is 5.85. The lowest BCUT2D eigenvalue weighted by atomic mass is 9.50. The largest absolute Gasteiger partial charge is 0.493 e. The maximum Gasteiger partial charge on any atom is 0.353 e. The number of nitrogens with zero attached hydrogens (tertiary/aromatic N) is 1. The molecule has 1 fully saturated rings. The second-order valence-electron chi connectivity index (χ2n) is 10.8. The number of likely N-dealkylation sites (N-methyl/N-ethyl adjacent to an activating group) is 1. The van der Waals surface area contributed by atoms with Crippen LogP contribution < -0.4 is 14.2 Å². The minimum atomic E-state index is -1.50. The van der Waals surface area contributed by atoms with E-state index in [4.69, 9.17) is 23.7 Å². The number of aliphatic hydroxyl groups is 1. The van der Waals surface area contributed by atoms with Gasteiger partial charge in [0.2, 0.25) is 6.10 Å². The van der Waals surface area contributed by atoms with Crippen LogP contribution in [0.3, 0.4) is 0 Å². The summed E-state index contributed by atoms with van der Waals surface area (Å²) in [4.78, 5) is 39.9. The fraction of sp³-hybridized carbons (Fsp3) is 0.433. The molecule has 1 saturated heterocycles. The Bertz CT molecular complexity index is 1410. The number of hydrogen-bond acceptors (Lipinski definition) is 10. The second kappa shape index (κ2) is 9.64. The Morgan fingerprint density at radius 1 is 1.15 bits per heavy atom. The molecule has 1 unspecified atom stereocenters. The van der Waals surface area contributed by atoms with E-state index in [-0.39, 0.29) is 24.0 Å². The average Bonchev–Trinajstić information content (AvgIpc) is 3.28. The molecular formula is C30H31NO9. The first-order chi connectivity index (χ1) is 19.2. The number of benzene rings is 2. The maximum absolute atomic E-state index is 13.2. The van der Waals surface area contributed by atoms with E-state index in [1.54, 1.807) is 43.5 Å². The van der Waals surface area contributed by atoms with Crippen LogP contribution in [-0.4, -0.2) is 72.5 Å². The average molecular weight is 550 g/mol. The van der Waals surface area contributed by atoms with E-state index in [0.717, 1.165) is 24.6 Å². The number of carbonyl (C=O) groups excluding carboxylic acids is 3. The van der Waals surface area contributed by atoms with Crippen molar-refractivity contribution in [3.8, 4) is 17.2 Å². The lowest BCUT2D eigenvalue weighted by Crippen LogP contribution is -2.74. The SMILES string of the molecule is COc1ccc2c3c1O[C@H]1C(OC(=O)CC(OC(C)=O)C(=O)Oc4ccccc4)=CC[C@@]4(O)[C@@H](C2)N(C)CC[C@]314. The minimum absolute atomic E-state index is 0.145. The number of esters is 3. The van der Waals surface area contributed by atoms with Crippen LogP contribution in [-0.2, 0) is 35.7 Å². The van der Waals surface area contributed by atoms with Crippen molar-refractivity contribution in [3.63, 3.8) is 0 Å². The molecule has 0 amide bonds. The Labute approximate surface area is 231 Å². The highest BCUT2D eigenvalue weighted by Gasteiger charge is 2.72. The predicted molar refractivity (Wildman–Crippen MR) is 140 cm³/mol. The van der Waals surface area contributed by atoms with Gasteiger partial charge in [0, 0.05) is 24.9 Å². The Kier molecular flexibility index (Phi) is 6.35. The summed E-state index contributed by atoms with van der Waals surface area (Å²) < 4.78 is 28.3. The summed E-state index contributed by atoms with van der Waals surface area (Å²) in [6.07, 6.45) is 0.361. The third-order valence-electron chi connectivity index (χ3n) is 8.67. The van der Waals surface area contributed by atoms with Crippen LogP contribution in [0.5, 0.6) is 17.2 Å². The number of hydrogen-bond donors (Lipinski definition) is 1. The van der Waals surface area contributed by atoms with E-state index in [2.05, 4.69) is 4.90 Å². The van der Waals surface area contributed by atoms with Crippen LogP contribution in [0.4, 0.5) is 0 Å². The highest BCUT2D eigenvalue weighted by atomic mass is 16.6. The molecule has 2 heterocycles. The molecule has 2 aliphatic heterocycles. The third-order valence-corrected chi connectivity index (χ3v) is 8.67. The third kappa shape index (κ3) is 3.88. The van der Waals surface area contributed by atoms with Crippen molar-refractivity contribution in [2.24, 2.45) is 0 Å². The van der Waals surface area contributed by atoms with Crippen molar-refractivity contribution < 1.29 is 43.2 Å². The number of methoxy groups -OCH3 is 1. The van der Waals surface area contributed by atoms with Gasteiger partial charge < -0.3 is 33.7 Å². The molecule has 1 N–H and O–H groups in total. The van der Waals surface area contributed by atoms with Crippen LogP contribution >= 0.6 is 0 Å². The summed E-state index contributed by atoms with van der Waals surface area (Å²) in [5.41, 5.74) is -0.00127. The van der Waals surface area contributed by atoms with Crippen molar-refractivity contribution >= 4 is 17.9 Å². The molecule has 210 valence electrons. The number of likely N-dealkylation sites (tertiary alicyclic amines) is 1. The zero-order valence-electron chi connectivity index (χ0n) is 22.5. The van der Waals surface area contributed by atoms with Gasteiger partial charge in [0.25, 0.3) is 0 Å². The zero-order valence-corrected chi connectivity index (χ0v) is 22.5. The van der Waals surface area contributed by atoms with E-state index in [9.17, 15) is 19.5 Å². The summed E-state index contributed by atoms with van der Waals surface area (Å²) in [6, 6.07) is 12.0. The molecule has 40 heavy (non-hydrogen) atoms. The van der Waals surface area contributed by atoms with Crippen molar-refractivity contribution in [1.82, 2.24) is 4.90 Å². The molecule has 1 spiro atoms. The molecule has 10 nitrogen and oxygen atoms in total. The topological polar surface area (TPSA) is 121 Å². The van der Waals surface area contributed by atoms with E-state index < -0.39 is 47.6 Å². The van der Waals surface area contributed by atoms with Gasteiger partial charge in [-0.3, -0.25) is 9.59 Å². The molecule has 2 aromatic rings. The van der Waals surface area contributed by atoms with Crippen molar-refractivity contribution in [2.75, 3.05) is 20.7 Å². The van der Waals surface area contributed by atoms with Gasteiger partial charge in [-0.05, 0) is 56.3 Å². The van der Waals surface area contributed by atoms with Gasteiger partial charge in [-0.25, -0.2) is 4.79 Å². The minimum Gasteiger partial charge on any atom is -0.493 e. The number of rotatable bonds is 7. The van der Waals surface area contributed by atoms with Gasteiger partial charge >= 0.3 is 17.9 Å². The summed E-state index contributed by atoms with van der Waals surface area (Å²) in [5.74, 6) is -0.822. The van der Waals surface area contributed by atoms with Gasteiger partial charge in [-0.1, -0.05) is 24.3 Å². The summed E-state index contributed by atoms with van der Waals surface area (Å²) in [6.45, 7) is 1.87. The van der Waals surface area contributed by atoms with Crippen LogP contribution in [0, 0.1) is 0 Å². The molecule has 2 bridgehead atoms. The molecule has 5 atom stereocenters. The fourth-order valence-electron chi connectivity index (χ4n) is 6.96. The van der Waals surface area contributed by atoms with Gasteiger partial charge in [-0.2, -0.15) is 0 Å². The fourth-order valence-corrected chi connectivity index (χ4v) is 6.96. The van der Waals surface area contributed by atoms with Crippen molar-refractivity contribution in [2.45, 2.75) is 61.9 Å². The predicted octanol–water partition coefficient (Wildman–Crippen LogP) is 2.44. The summed E-state index contributed by atoms with van der Waals surface area (Å²) in [7, 11) is 3.58. The summed E-state index contributed by atoms with van der Waals surface area (Å²) in [5, 5.41) is 12.3. The highest BCUT2D eigenvalue weighted by Crippen LogP contribution is 2.65. The smallest absolute Gasteiger partial charge is 0.353 e. The first-order valence-corrected chi connectivity index (χ1v) is 13.3. The Morgan fingerprint density at radius 3 is 2.65 bits per heavy atom. The van der Waals surface area contributed by atoms with Gasteiger partial charge in [0.1, 0.15) is 11.5 Å². The zero-order chi connectivity index (χ0) is 28.2. The monoisotopic (exact) mass is 549 g/mol. The van der Waals surface area contributed by atoms with Crippen LogP contribution in [0.1, 0.15) is 37.3 Å². The quantitative estimate of drug-likeness (QED) is 0.407. The number of piperidine rings is 1. The molecule has 2 aromatic carbocycles.